The third-order valence-electron chi connectivity index (χ3n) is 3.87. The molecular formula is C15H22O2. The van der Waals surface area contributed by atoms with Gasteiger partial charge in [-0.05, 0) is 55.4 Å². The van der Waals surface area contributed by atoms with Crippen LogP contribution >= 0.6 is 0 Å². The van der Waals surface area contributed by atoms with Gasteiger partial charge >= 0.3 is 0 Å². The van der Waals surface area contributed by atoms with Gasteiger partial charge < -0.3 is 9.84 Å². The molecule has 2 heteroatoms. The summed E-state index contributed by atoms with van der Waals surface area (Å²) in [5.74, 6) is 1.11. The minimum atomic E-state index is 0.164. The maximum absolute atomic E-state index is 9.42. The van der Waals surface area contributed by atoms with Gasteiger partial charge in [-0.3, -0.25) is 0 Å². The summed E-state index contributed by atoms with van der Waals surface area (Å²) in [4.78, 5) is 0. The molecule has 0 saturated carbocycles. The van der Waals surface area contributed by atoms with Gasteiger partial charge in [0.1, 0.15) is 5.75 Å². The Bertz CT molecular complexity index is 410. The van der Waals surface area contributed by atoms with E-state index in [-0.39, 0.29) is 12.5 Å². The van der Waals surface area contributed by atoms with Gasteiger partial charge in [0.25, 0.3) is 0 Å². The van der Waals surface area contributed by atoms with Crippen LogP contribution in [0.1, 0.15) is 47.9 Å². The summed E-state index contributed by atoms with van der Waals surface area (Å²) in [6.07, 6.45) is 4.85. The van der Waals surface area contributed by atoms with E-state index in [4.69, 9.17) is 4.74 Å². The van der Waals surface area contributed by atoms with Crippen LogP contribution < -0.4 is 4.74 Å². The molecule has 0 aromatic heterocycles. The van der Waals surface area contributed by atoms with Crippen molar-refractivity contribution in [3.8, 4) is 5.75 Å². The zero-order valence-electron chi connectivity index (χ0n) is 11.0. The standard InChI is InChI=1S/C15H22O2/c1-10-8-14(17-3)15(11(2)9-16)13-7-5-4-6-12(10)13/h8,11,16H,4-7,9H2,1-3H3. The van der Waals surface area contributed by atoms with Crippen LogP contribution in [0.5, 0.6) is 5.75 Å². The fourth-order valence-electron chi connectivity index (χ4n) is 2.95. The minimum absolute atomic E-state index is 0.164. The molecule has 0 amide bonds. The molecule has 1 atom stereocenters. The number of methoxy groups -OCH3 is 1. The van der Waals surface area contributed by atoms with Gasteiger partial charge in [-0.25, -0.2) is 0 Å². The first kappa shape index (κ1) is 12.4. The van der Waals surface area contributed by atoms with Crippen molar-refractivity contribution in [1.82, 2.24) is 0 Å². The lowest BCUT2D eigenvalue weighted by atomic mass is 9.81. The lowest BCUT2D eigenvalue weighted by molar-refractivity contribution is 0.269. The first-order chi connectivity index (χ1) is 8.19. The Morgan fingerprint density at radius 1 is 1.29 bits per heavy atom. The Morgan fingerprint density at radius 3 is 2.53 bits per heavy atom. The molecule has 1 N–H and O–H groups in total. The van der Waals surface area contributed by atoms with Crippen molar-refractivity contribution in [1.29, 1.82) is 0 Å². The van der Waals surface area contributed by atoms with E-state index in [0.29, 0.717) is 0 Å². The van der Waals surface area contributed by atoms with Gasteiger partial charge in [-0.15, -0.1) is 0 Å². The van der Waals surface area contributed by atoms with Crippen LogP contribution in [-0.4, -0.2) is 18.8 Å². The predicted octanol–water partition coefficient (Wildman–Crippen LogP) is 2.98. The number of rotatable bonds is 3. The van der Waals surface area contributed by atoms with Crippen LogP contribution in [0.4, 0.5) is 0 Å². The molecule has 1 aromatic carbocycles. The van der Waals surface area contributed by atoms with Crippen LogP contribution in [0.25, 0.3) is 0 Å². The molecule has 0 spiro atoms. The lowest BCUT2D eigenvalue weighted by Gasteiger charge is -2.26. The topological polar surface area (TPSA) is 29.5 Å². The van der Waals surface area contributed by atoms with Crippen LogP contribution in [0, 0.1) is 6.92 Å². The Morgan fingerprint density at radius 2 is 1.94 bits per heavy atom. The maximum Gasteiger partial charge on any atom is 0.122 e. The zero-order valence-corrected chi connectivity index (χ0v) is 11.0. The SMILES string of the molecule is COc1cc(C)c2c(c1C(C)CO)CCCC2. The molecular weight excluding hydrogens is 212 g/mol. The molecule has 0 fully saturated rings. The maximum atomic E-state index is 9.42. The van der Waals surface area contributed by atoms with Gasteiger partial charge in [0.05, 0.1) is 7.11 Å². The number of aryl methyl sites for hydroxylation is 1. The second kappa shape index (κ2) is 5.09. The second-order valence-corrected chi connectivity index (χ2v) is 5.06. The van der Waals surface area contributed by atoms with E-state index in [1.165, 1.54) is 41.5 Å². The van der Waals surface area contributed by atoms with Gasteiger partial charge in [0.15, 0.2) is 0 Å². The Balaban J connectivity index is 2.60. The van der Waals surface area contributed by atoms with Gasteiger partial charge in [0.2, 0.25) is 0 Å². The summed E-state index contributed by atoms with van der Waals surface area (Å²) >= 11 is 0. The average molecular weight is 234 g/mol. The van der Waals surface area contributed by atoms with Crippen molar-refractivity contribution in [3.05, 3.63) is 28.3 Å². The molecule has 0 radical (unpaired) electrons. The van der Waals surface area contributed by atoms with E-state index in [1.807, 2.05) is 0 Å². The normalized spacial score (nSPS) is 16.5. The molecule has 1 aliphatic rings. The van der Waals surface area contributed by atoms with Crippen LogP contribution in [-0.2, 0) is 12.8 Å². The van der Waals surface area contributed by atoms with E-state index < -0.39 is 0 Å². The number of aliphatic hydroxyl groups excluding tert-OH is 1. The zero-order chi connectivity index (χ0) is 12.4. The molecule has 1 aliphatic carbocycles. The van der Waals surface area contributed by atoms with Crippen molar-refractivity contribution in [2.75, 3.05) is 13.7 Å². The largest absolute Gasteiger partial charge is 0.496 e. The van der Waals surface area contributed by atoms with Gasteiger partial charge in [0, 0.05) is 18.1 Å². The third-order valence-corrected chi connectivity index (χ3v) is 3.87. The molecule has 2 rings (SSSR count). The van der Waals surface area contributed by atoms with Crippen molar-refractivity contribution >= 4 is 0 Å². The van der Waals surface area contributed by atoms with Crippen LogP contribution in [0.3, 0.4) is 0 Å². The second-order valence-electron chi connectivity index (χ2n) is 5.06. The third kappa shape index (κ3) is 2.19. The van der Waals surface area contributed by atoms with Crippen molar-refractivity contribution in [2.24, 2.45) is 0 Å². The molecule has 0 bridgehead atoms. The summed E-state index contributed by atoms with van der Waals surface area (Å²) < 4.78 is 5.50. The highest BCUT2D eigenvalue weighted by molar-refractivity contribution is 5.52. The summed E-state index contributed by atoms with van der Waals surface area (Å²) in [5.41, 5.74) is 5.50. The summed E-state index contributed by atoms with van der Waals surface area (Å²) in [6.45, 7) is 4.42. The van der Waals surface area contributed by atoms with E-state index >= 15 is 0 Å². The number of aliphatic hydroxyl groups is 1. The lowest BCUT2D eigenvalue weighted by Crippen LogP contribution is -2.13. The molecule has 0 saturated heterocycles. The minimum Gasteiger partial charge on any atom is -0.496 e. The highest BCUT2D eigenvalue weighted by Gasteiger charge is 2.22. The van der Waals surface area contributed by atoms with E-state index in [1.54, 1.807) is 7.11 Å². The van der Waals surface area contributed by atoms with E-state index in [2.05, 4.69) is 19.9 Å². The van der Waals surface area contributed by atoms with Crippen LogP contribution in [0.2, 0.25) is 0 Å². The first-order valence-corrected chi connectivity index (χ1v) is 6.49. The molecule has 0 heterocycles. The fraction of sp³-hybridized carbons (Fsp3) is 0.600. The highest BCUT2D eigenvalue weighted by Crippen LogP contribution is 2.37. The van der Waals surface area contributed by atoms with E-state index in [9.17, 15) is 5.11 Å². The number of hydrogen-bond donors (Lipinski definition) is 1. The van der Waals surface area contributed by atoms with Crippen molar-refractivity contribution in [3.63, 3.8) is 0 Å². The van der Waals surface area contributed by atoms with Crippen LogP contribution in [0.15, 0.2) is 6.07 Å². The molecule has 0 aliphatic heterocycles. The molecule has 17 heavy (non-hydrogen) atoms. The molecule has 1 unspecified atom stereocenters. The highest BCUT2D eigenvalue weighted by atomic mass is 16.5. The summed E-state index contributed by atoms with van der Waals surface area (Å²) in [6, 6.07) is 2.13. The summed E-state index contributed by atoms with van der Waals surface area (Å²) in [5, 5.41) is 9.42. The summed E-state index contributed by atoms with van der Waals surface area (Å²) in [7, 11) is 1.72. The Hall–Kier alpha value is -1.02. The van der Waals surface area contributed by atoms with Crippen molar-refractivity contribution in [2.45, 2.75) is 45.4 Å². The Kier molecular flexibility index (Phi) is 3.72. The monoisotopic (exact) mass is 234 g/mol. The first-order valence-electron chi connectivity index (χ1n) is 6.49. The predicted molar refractivity (Wildman–Crippen MR) is 69.9 cm³/mol. The number of hydrogen-bond acceptors (Lipinski definition) is 2. The quantitative estimate of drug-likeness (QED) is 0.871. The van der Waals surface area contributed by atoms with Crippen molar-refractivity contribution < 1.29 is 9.84 Å². The van der Waals surface area contributed by atoms with Gasteiger partial charge in [-0.1, -0.05) is 6.92 Å². The Labute approximate surface area is 104 Å². The van der Waals surface area contributed by atoms with E-state index in [0.717, 1.165) is 12.2 Å². The fourth-order valence-corrected chi connectivity index (χ4v) is 2.95. The van der Waals surface area contributed by atoms with Gasteiger partial charge in [-0.2, -0.15) is 0 Å². The molecule has 1 aromatic rings. The smallest absolute Gasteiger partial charge is 0.122 e. The number of ether oxygens (including phenoxy) is 1. The number of fused-ring (bicyclic) bond motifs is 1. The number of benzene rings is 1. The molecule has 2 nitrogen and oxygen atoms in total. The molecule has 94 valence electrons. The average Bonchev–Trinajstić information content (AvgIpc) is 2.37.